The van der Waals surface area contributed by atoms with Crippen LogP contribution in [0.25, 0.3) is 0 Å². The zero-order valence-electron chi connectivity index (χ0n) is 11.5. The second-order valence-electron chi connectivity index (χ2n) is 5.23. The predicted octanol–water partition coefficient (Wildman–Crippen LogP) is 2.84. The van der Waals surface area contributed by atoms with Gasteiger partial charge in [0, 0.05) is 19.6 Å². The van der Waals surface area contributed by atoms with Crippen molar-refractivity contribution in [3.05, 3.63) is 35.0 Å². The van der Waals surface area contributed by atoms with Crippen LogP contribution in [0.4, 0.5) is 0 Å². The third-order valence-corrected chi connectivity index (χ3v) is 4.13. The first-order chi connectivity index (χ1) is 9.19. The summed E-state index contributed by atoms with van der Waals surface area (Å²) in [6.07, 6.45) is 3.60. The van der Waals surface area contributed by atoms with Crippen molar-refractivity contribution in [1.82, 2.24) is 4.90 Å². The highest BCUT2D eigenvalue weighted by atomic mass is 32.1. The van der Waals surface area contributed by atoms with E-state index < -0.39 is 0 Å². The lowest BCUT2D eigenvalue weighted by Crippen LogP contribution is -2.45. The van der Waals surface area contributed by atoms with Gasteiger partial charge in [-0.1, -0.05) is 6.08 Å². The standard InChI is InChI=1S/C15H23NO2S/c1-3-4-5-14(17)9-16-8-12(2)18-15(10-16)13-6-7-19-11-13/h3,6-7,11-12,14-15,17H,1,4-5,8-10H2,2H3/t12-,14+,15+/m1/s1. The highest BCUT2D eigenvalue weighted by molar-refractivity contribution is 7.07. The normalized spacial score (nSPS) is 26.2. The Morgan fingerprint density at radius 1 is 1.63 bits per heavy atom. The van der Waals surface area contributed by atoms with E-state index in [0.29, 0.717) is 0 Å². The van der Waals surface area contributed by atoms with E-state index in [-0.39, 0.29) is 18.3 Å². The van der Waals surface area contributed by atoms with E-state index in [1.807, 2.05) is 6.08 Å². The van der Waals surface area contributed by atoms with Crippen molar-refractivity contribution in [1.29, 1.82) is 0 Å². The van der Waals surface area contributed by atoms with E-state index >= 15 is 0 Å². The molecule has 2 rings (SSSR count). The zero-order valence-corrected chi connectivity index (χ0v) is 12.3. The largest absolute Gasteiger partial charge is 0.392 e. The minimum absolute atomic E-state index is 0.140. The van der Waals surface area contributed by atoms with E-state index in [0.717, 1.165) is 32.5 Å². The summed E-state index contributed by atoms with van der Waals surface area (Å²) < 4.78 is 5.99. The monoisotopic (exact) mass is 281 g/mol. The molecule has 3 nitrogen and oxygen atoms in total. The number of hydrogen-bond acceptors (Lipinski definition) is 4. The summed E-state index contributed by atoms with van der Waals surface area (Å²) in [5, 5.41) is 14.2. The van der Waals surface area contributed by atoms with Crippen LogP contribution in [0, 0.1) is 0 Å². The first-order valence-corrected chi connectivity index (χ1v) is 7.82. The highest BCUT2D eigenvalue weighted by Crippen LogP contribution is 2.26. The lowest BCUT2D eigenvalue weighted by atomic mass is 10.1. The molecule has 3 atom stereocenters. The molecule has 0 radical (unpaired) electrons. The zero-order chi connectivity index (χ0) is 13.7. The lowest BCUT2D eigenvalue weighted by molar-refractivity contribution is -0.0868. The molecule has 4 heteroatoms. The molecule has 0 amide bonds. The number of aliphatic hydroxyl groups excluding tert-OH is 1. The van der Waals surface area contributed by atoms with Crippen molar-refractivity contribution >= 4 is 11.3 Å². The Labute approximate surface area is 119 Å². The SMILES string of the molecule is C=CCC[C@H](O)CN1C[C@@H](C)O[C@H](c2ccsc2)C1. The Kier molecular flexibility index (Phi) is 5.58. The number of aliphatic hydroxyl groups is 1. The Balaban J connectivity index is 1.89. The molecule has 0 saturated carbocycles. The maximum Gasteiger partial charge on any atom is 0.0964 e. The molecule has 1 aliphatic rings. The maximum atomic E-state index is 10.0. The fraction of sp³-hybridized carbons (Fsp3) is 0.600. The van der Waals surface area contributed by atoms with Crippen LogP contribution in [0.5, 0.6) is 0 Å². The van der Waals surface area contributed by atoms with Gasteiger partial charge in [-0.05, 0) is 42.2 Å². The molecule has 19 heavy (non-hydrogen) atoms. The molecule has 1 saturated heterocycles. The molecule has 0 spiro atoms. The summed E-state index contributed by atoms with van der Waals surface area (Å²) >= 11 is 1.70. The minimum atomic E-state index is -0.272. The van der Waals surface area contributed by atoms with Crippen molar-refractivity contribution in [3.8, 4) is 0 Å². The molecule has 106 valence electrons. The van der Waals surface area contributed by atoms with Gasteiger partial charge in [-0.25, -0.2) is 0 Å². The molecule has 0 aliphatic carbocycles. The van der Waals surface area contributed by atoms with Crippen LogP contribution in [-0.4, -0.2) is 41.8 Å². The average molecular weight is 281 g/mol. The van der Waals surface area contributed by atoms with Crippen LogP contribution in [0.3, 0.4) is 0 Å². The predicted molar refractivity (Wildman–Crippen MR) is 79.5 cm³/mol. The summed E-state index contributed by atoms with van der Waals surface area (Å²) in [6, 6.07) is 2.12. The summed E-state index contributed by atoms with van der Waals surface area (Å²) in [4.78, 5) is 2.31. The Morgan fingerprint density at radius 2 is 2.47 bits per heavy atom. The van der Waals surface area contributed by atoms with Gasteiger partial charge in [0.05, 0.1) is 18.3 Å². The van der Waals surface area contributed by atoms with Crippen LogP contribution in [0.15, 0.2) is 29.5 Å². The van der Waals surface area contributed by atoms with Gasteiger partial charge in [-0.15, -0.1) is 6.58 Å². The topological polar surface area (TPSA) is 32.7 Å². The number of nitrogens with zero attached hydrogens (tertiary/aromatic N) is 1. The second kappa shape index (κ2) is 7.20. The average Bonchev–Trinajstić information content (AvgIpc) is 2.89. The molecule has 1 aromatic rings. The van der Waals surface area contributed by atoms with Gasteiger partial charge in [-0.3, -0.25) is 4.90 Å². The van der Waals surface area contributed by atoms with Gasteiger partial charge in [0.1, 0.15) is 0 Å². The van der Waals surface area contributed by atoms with Gasteiger partial charge >= 0.3 is 0 Å². The Hall–Kier alpha value is -0.680. The molecule has 0 aromatic carbocycles. The fourth-order valence-corrected chi connectivity index (χ4v) is 3.23. The number of ether oxygens (including phenoxy) is 1. The van der Waals surface area contributed by atoms with E-state index in [9.17, 15) is 5.11 Å². The molecule has 1 fully saturated rings. The summed E-state index contributed by atoms with van der Waals surface area (Å²) in [6.45, 7) is 8.28. The van der Waals surface area contributed by atoms with Crippen LogP contribution in [-0.2, 0) is 4.74 Å². The fourth-order valence-electron chi connectivity index (χ4n) is 2.53. The van der Waals surface area contributed by atoms with Crippen molar-refractivity contribution in [2.24, 2.45) is 0 Å². The smallest absolute Gasteiger partial charge is 0.0964 e. The molecule has 1 aromatic heterocycles. The first-order valence-electron chi connectivity index (χ1n) is 6.88. The van der Waals surface area contributed by atoms with E-state index in [4.69, 9.17) is 4.74 Å². The number of allylic oxidation sites excluding steroid dienone is 1. The van der Waals surface area contributed by atoms with E-state index in [1.165, 1.54) is 5.56 Å². The van der Waals surface area contributed by atoms with Crippen molar-refractivity contribution in [2.75, 3.05) is 19.6 Å². The third-order valence-electron chi connectivity index (χ3n) is 3.42. The van der Waals surface area contributed by atoms with E-state index in [1.54, 1.807) is 11.3 Å². The van der Waals surface area contributed by atoms with Gasteiger partial charge in [-0.2, -0.15) is 11.3 Å². The van der Waals surface area contributed by atoms with Crippen LogP contribution >= 0.6 is 11.3 Å². The minimum Gasteiger partial charge on any atom is -0.392 e. The molecule has 1 N–H and O–H groups in total. The van der Waals surface area contributed by atoms with Crippen LogP contribution in [0.2, 0.25) is 0 Å². The number of hydrogen-bond donors (Lipinski definition) is 1. The van der Waals surface area contributed by atoms with Crippen LogP contribution in [0.1, 0.15) is 31.4 Å². The third kappa shape index (κ3) is 4.42. The molecule has 1 aliphatic heterocycles. The molecular formula is C15H23NO2S. The van der Waals surface area contributed by atoms with Gasteiger partial charge in [0.25, 0.3) is 0 Å². The van der Waals surface area contributed by atoms with Crippen molar-refractivity contribution < 1.29 is 9.84 Å². The number of rotatable bonds is 6. The molecule has 2 heterocycles. The van der Waals surface area contributed by atoms with Crippen LogP contribution < -0.4 is 0 Å². The van der Waals surface area contributed by atoms with Gasteiger partial charge < -0.3 is 9.84 Å². The molecule has 0 bridgehead atoms. The van der Waals surface area contributed by atoms with Crippen molar-refractivity contribution in [3.63, 3.8) is 0 Å². The Bertz CT molecular complexity index is 380. The summed E-state index contributed by atoms with van der Waals surface area (Å²) in [5.41, 5.74) is 1.25. The maximum absolute atomic E-state index is 10.0. The van der Waals surface area contributed by atoms with Gasteiger partial charge in [0.15, 0.2) is 0 Å². The summed E-state index contributed by atoms with van der Waals surface area (Å²) in [7, 11) is 0. The van der Waals surface area contributed by atoms with Gasteiger partial charge in [0.2, 0.25) is 0 Å². The molecular weight excluding hydrogens is 258 g/mol. The number of β-amino-alcohol motifs (C(OH)–C–C–N with tert-alkyl or cyclic N) is 1. The number of thiophene rings is 1. The first kappa shape index (κ1) is 14.7. The number of morpholine rings is 1. The Morgan fingerprint density at radius 3 is 3.16 bits per heavy atom. The quantitative estimate of drug-likeness (QED) is 0.814. The second-order valence-corrected chi connectivity index (χ2v) is 6.01. The molecule has 0 unspecified atom stereocenters. The van der Waals surface area contributed by atoms with Crippen molar-refractivity contribution in [2.45, 2.75) is 38.1 Å². The lowest BCUT2D eigenvalue weighted by Gasteiger charge is -2.37. The van der Waals surface area contributed by atoms with E-state index in [2.05, 4.69) is 35.2 Å². The summed E-state index contributed by atoms with van der Waals surface area (Å²) in [5.74, 6) is 0. The highest BCUT2D eigenvalue weighted by Gasteiger charge is 2.27.